The van der Waals surface area contributed by atoms with Gasteiger partial charge in [0.2, 0.25) is 5.91 Å². The smallest absolute Gasteiger partial charge is 0.229 e. The standard InChI is InChI=1S/C26H29ClFN5O/c1-32-12-18(11-30-32)21-9-23(21)26(34)31-25-8-16-6-22(24(27)7-17(16)10-29-25)15-2-4-20(5-3-15)33-13-19(28)14-33/h6-8,10-12,15,19-21,23H,2-5,9,13-14H2,1H3,(H,29,31,34)/t15-,20-,21-,23+/m1/s1. The molecular weight excluding hydrogens is 453 g/mol. The first-order valence-corrected chi connectivity index (χ1v) is 12.6. The Morgan fingerprint density at radius 1 is 1.12 bits per heavy atom. The maximum Gasteiger partial charge on any atom is 0.229 e. The van der Waals surface area contributed by atoms with Crippen molar-refractivity contribution in [2.45, 2.75) is 56.2 Å². The molecule has 6 nitrogen and oxygen atoms in total. The third-order valence-corrected chi connectivity index (χ3v) is 8.21. The average molecular weight is 482 g/mol. The number of halogens is 2. The summed E-state index contributed by atoms with van der Waals surface area (Å²) in [5, 5.41) is 10.00. The topological polar surface area (TPSA) is 63.1 Å². The molecule has 1 saturated heterocycles. The van der Waals surface area contributed by atoms with Crippen molar-refractivity contribution in [2.75, 3.05) is 18.4 Å². The first kappa shape index (κ1) is 22.0. The Bertz CT molecular complexity index is 1230. The van der Waals surface area contributed by atoms with Gasteiger partial charge in [-0.1, -0.05) is 11.6 Å². The zero-order valence-corrected chi connectivity index (χ0v) is 20.0. The summed E-state index contributed by atoms with van der Waals surface area (Å²) in [6, 6.07) is 6.60. The van der Waals surface area contributed by atoms with Crippen LogP contribution in [-0.2, 0) is 11.8 Å². The molecule has 0 spiro atoms. The summed E-state index contributed by atoms with van der Waals surface area (Å²) in [4.78, 5) is 19.5. The fourth-order valence-electron chi connectivity index (χ4n) is 5.77. The van der Waals surface area contributed by atoms with Gasteiger partial charge in [-0.05, 0) is 78.7 Å². The number of fused-ring (bicyclic) bond motifs is 1. The zero-order valence-electron chi connectivity index (χ0n) is 19.3. The molecule has 3 aromatic rings. The molecule has 2 aliphatic carbocycles. The second kappa shape index (κ2) is 8.61. The molecular formula is C26H29ClFN5O. The highest BCUT2D eigenvalue weighted by Gasteiger charge is 2.44. The van der Waals surface area contributed by atoms with Crippen LogP contribution in [0.2, 0.25) is 5.02 Å². The van der Waals surface area contributed by atoms with Crippen LogP contribution in [0.5, 0.6) is 0 Å². The van der Waals surface area contributed by atoms with Crippen molar-refractivity contribution in [1.29, 1.82) is 0 Å². The SMILES string of the molecule is Cn1cc([C@H]2C[C@@H]2C(=O)Nc2cc3cc([C@H]4CC[C@H](N5CC(F)C5)CC4)c(Cl)cc3cn2)cn1. The second-order valence-corrected chi connectivity index (χ2v) is 10.6. The van der Waals surface area contributed by atoms with Crippen molar-refractivity contribution < 1.29 is 9.18 Å². The van der Waals surface area contributed by atoms with E-state index in [9.17, 15) is 9.18 Å². The number of aryl methyl sites for hydroxylation is 1. The average Bonchev–Trinajstić information content (AvgIpc) is 3.50. The summed E-state index contributed by atoms with van der Waals surface area (Å²) in [6.07, 6.45) is 10.1. The van der Waals surface area contributed by atoms with Gasteiger partial charge in [0, 0.05) is 54.9 Å². The van der Waals surface area contributed by atoms with Gasteiger partial charge in [0.15, 0.2) is 0 Å². The molecule has 1 aliphatic heterocycles. The fourth-order valence-corrected chi connectivity index (χ4v) is 6.10. The normalized spacial score (nSPS) is 27.5. The van der Waals surface area contributed by atoms with Crippen molar-refractivity contribution >= 4 is 34.1 Å². The van der Waals surface area contributed by atoms with E-state index in [4.69, 9.17) is 11.6 Å². The summed E-state index contributed by atoms with van der Waals surface area (Å²) in [6.45, 7) is 1.19. The van der Waals surface area contributed by atoms with Crippen LogP contribution in [-0.4, -0.2) is 50.9 Å². The van der Waals surface area contributed by atoms with E-state index in [1.54, 1.807) is 10.9 Å². The minimum atomic E-state index is -0.642. The van der Waals surface area contributed by atoms with Gasteiger partial charge >= 0.3 is 0 Å². The first-order valence-electron chi connectivity index (χ1n) is 12.2. The van der Waals surface area contributed by atoms with Crippen LogP contribution >= 0.6 is 11.6 Å². The highest BCUT2D eigenvalue weighted by Crippen LogP contribution is 2.48. The second-order valence-electron chi connectivity index (χ2n) is 10.2. The predicted octanol–water partition coefficient (Wildman–Crippen LogP) is 5.04. The Morgan fingerprint density at radius 2 is 1.91 bits per heavy atom. The van der Waals surface area contributed by atoms with Crippen molar-refractivity contribution in [3.63, 3.8) is 0 Å². The fraction of sp³-hybridized carbons (Fsp3) is 0.500. The molecule has 0 unspecified atom stereocenters. The molecule has 3 aliphatic rings. The lowest BCUT2D eigenvalue weighted by Gasteiger charge is -2.43. The van der Waals surface area contributed by atoms with E-state index in [1.807, 2.05) is 31.6 Å². The molecule has 3 fully saturated rings. The number of carbonyl (C=O) groups excluding carboxylic acids is 1. The van der Waals surface area contributed by atoms with Gasteiger partial charge in [-0.2, -0.15) is 5.10 Å². The lowest BCUT2D eigenvalue weighted by atomic mass is 9.80. The number of carbonyl (C=O) groups is 1. The molecule has 34 heavy (non-hydrogen) atoms. The molecule has 1 amide bonds. The molecule has 2 atom stereocenters. The lowest BCUT2D eigenvalue weighted by Crippen LogP contribution is -2.54. The largest absolute Gasteiger partial charge is 0.310 e. The Kier molecular flexibility index (Phi) is 5.57. The Labute approximate surface area is 203 Å². The summed E-state index contributed by atoms with van der Waals surface area (Å²) >= 11 is 6.68. The van der Waals surface area contributed by atoms with Crippen LogP contribution < -0.4 is 5.32 Å². The number of amides is 1. The molecule has 178 valence electrons. The molecule has 1 N–H and O–H groups in total. The molecule has 2 aromatic heterocycles. The number of pyridine rings is 1. The number of nitrogens with one attached hydrogen (secondary N) is 1. The molecule has 2 saturated carbocycles. The van der Waals surface area contributed by atoms with E-state index in [2.05, 4.69) is 26.4 Å². The van der Waals surface area contributed by atoms with E-state index in [0.29, 0.717) is 30.9 Å². The van der Waals surface area contributed by atoms with Gasteiger partial charge in [0.1, 0.15) is 12.0 Å². The third-order valence-electron chi connectivity index (χ3n) is 7.89. The van der Waals surface area contributed by atoms with E-state index in [0.717, 1.165) is 53.5 Å². The first-order chi connectivity index (χ1) is 16.4. The van der Waals surface area contributed by atoms with Crippen LogP contribution in [0.15, 0.2) is 36.8 Å². The number of hydrogen-bond acceptors (Lipinski definition) is 4. The van der Waals surface area contributed by atoms with Crippen molar-refractivity contribution in [1.82, 2.24) is 19.7 Å². The molecule has 0 bridgehead atoms. The summed E-state index contributed by atoms with van der Waals surface area (Å²) in [7, 11) is 1.89. The number of nitrogens with zero attached hydrogens (tertiary/aromatic N) is 4. The number of rotatable bonds is 5. The summed E-state index contributed by atoms with van der Waals surface area (Å²) < 4.78 is 15.0. The minimum Gasteiger partial charge on any atom is -0.310 e. The number of likely N-dealkylation sites (tertiary alicyclic amines) is 1. The van der Waals surface area contributed by atoms with Crippen LogP contribution in [0.3, 0.4) is 0 Å². The van der Waals surface area contributed by atoms with Gasteiger partial charge in [-0.3, -0.25) is 14.4 Å². The third kappa shape index (κ3) is 4.20. The van der Waals surface area contributed by atoms with Crippen molar-refractivity contribution in [2.24, 2.45) is 13.0 Å². The molecule has 6 rings (SSSR count). The van der Waals surface area contributed by atoms with Crippen LogP contribution in [0.1, 0.15) is 55.1 Å². The number of aromatic nitrogens is 3. The van der Waals surface area contributed by atoms with Gasteiger partial charge < -0.3 is 5.32 Å². The number of alkyl halides is 1. The molecule has 0 radical (unpaired) electrons. The zero-order chi connectivity index (χ0) is 23.4. The van der Waals surface area contributed by atoms with Gasteiger partial charge in [-0.25, -0.2) is 9.37 Å². The van der Waals surface area contributed by atoms with Crippen molar-refractivity contribution in [3.05, 3.63) is 52.9 Å². The quantitative estimate of drug-likeness (QED) is 0.554. The minimum absolute atomic E-state index is 0.00900. The number of anilines is 1. The van der Waals surface area contributed by atoms with Crippen LogP contribution in [0.4, 0.5) is 10.2 Å². The Hall–Kier alpha value is -2.51. The Balaban J connectivity index is 1.14. The highest BCUT2D eigenvalue weighted by atomic mass is 35.5. The summed E-state index contributed by atoms with van der Waals surface area (Å²) in [5.74, 6) is 1.20. The monoisotopic (exact) mass is 481 g/mol. The molecule has 3 heterocycles. The number of hydrogen-bond donors (Lipinski definition) is 1. The van der Waals surface area contributed by atoms with Gasteiger partial charge in [0.05, 0.1) is 6.20 Å². The highest BCUT2D eigenvalue weighted by molar-refractivity contribution is 6.32. The predicted molar refractivity (Wildman–Crippen MR) is 131 cm³/mol. The van der Waals surface area contributed by atoms with E-state index in [-0.39, 0.29) is 17.7 Å². The molecule has 8 heteroatoms. The van der Waals surface area contributed by atoms with E-state index >= 15 is 0 Å². The maximum atomic E-state index is 13.2. The summed E-state index contributed by atoms with van der Waals surface area (Å²) in [5.41, 5.74) is 2.28. The Morgan fingerprint density at radius 3 is 2.62 bits per heavy atom. The van der Waals surface area contributed by atoms with Gasteiger partial charge in [-0.15, -0.1) is 0 Å². The lowest BCUT2D eigenvalue weighted by molar-refractivity contribution is -0.117. The van der Waals surface area contributed by atoms with Gasteiger partial charge in [0.25, 0.3) is 0 Å². The number of benzene rings is 1. The van der Waals surface area contributed by atoms with Crippen molar-refractivity contribution in [3.8, 4) is 0 Å². The van der Waals surface area contributed by atoms with E-state index < -0.39 is 6.17 Å². The molecule has 1 aromatic carbocycles. The van der Waals surface area contributed by atoms with Crippen LogP contribution in [0, 0.1) is 5.92 Å². The maximum absolute atomic E-state index is 13.2. The van der Waals surface area contributed by atoms with E-state index in [1.165, 1.54) is 5.56 Å². The van der Waals surface area contributed by atoms with Crippen LogP contribution in [0.25, 0.3) is 10.8 Å².